The molecule has 0 bridgehead atoms. The van der Waals surface area contributed by atoms with Gasteiger partial charge in [0.05, 0.1) is 23.1 Å². The number of esters is 1. The van der Waals surface area contributed by atoms with Gasteiger partial charge < -0.3 is 10.1 Å². The van der Waals surface area contributed by atoms with Gasteiger partial charge in [-0.2, -0.15) is 4.31 Å². The van der Waals surface area contributed by atoms with Crippen molar-refractivity contribution in [3.8, 4) is 0 Å². The quantitative estimate of drug-likeness (QED) is 0.542. The lowest BCUT2D eigenvalue weighted by molar-refractivity contribution is -0.139. The zero-order valence-corrected chi connectivity index (χ0v) is 23.3. The highest BCUT2D eigenvalue weighted by Gasteiger charge is 2.38. The summed E-state index contributed by atoms with van der Waals surface area (Å²) < 4.78 is 33.5. The van der Waals surface area contributed by atoms with Gasteiger partial charge in [0.25, 0.3) is 0 Å². The molecule has 1 unspecified atom stereocenters. The predicted molar refractivity (Wildman–Crippen MR) is 145 cm³/mol. The molecular weight excluding hydrogens is 504 g/mol. The molecule has 0 aromatic heterocycles. The molecule has 0 radical (unpaired) electrons. The maximum atomic E-state index is 13.3. The first kappa shape index (κ1) is 27.8. The van der Waals surface area contributed by atoms with Crippen LogP contribution in [0.15, 0.2) is 64.7 Å². The third-order valence-electron chi connectivity index (χ3n) is 7.03. The van der Waals surface area contributed by atoms with Crippen LogP contribution >= 0.6 is 0 Å². The van der Waals surface area contributed by atoms with E-state index in [-0.39, 0.29) is 17.5 Å². The van der Waals surface area contributed by atoms with E-state index in [1.807, 2.05) is 38.1 Å². The first-order valence-corrected chi connectivity index (χ1v) is 14.4. The van der Waals surface area contributed by atoms with Gasteiger partial charge in [-0.15, -0.1) is 0 Å². The largest absolute Gasteiger partial charge is 0.463 e. The first-order valence-electron chi connectivity index (χ1n) is 12.9. The van der Waals surface area contributed by atoms with E-state index in [0.29, 0.717) is 50.4 Å². The number of aryl methyl sites for hydroxylation is 2. The minimum atomic E-state index is -3.61. The Labute approximate surface area is 225 Å². The third-order valence-corrected chi connectivity index (χ3v) is 8.94. The summed E-state index contributed by atoms with van der Waals surface area (Å²) >= 11 is 0. The molecule has 38 heavy (non-hydrogen) atoms. The fourth-order valence-corrected chi connectivity index (χ4v) is 6.38. The summed E-state index contributed by atoms with van der Waals surface area (Å²) in [6, 6.07) is 13.6. The van der Waals surface area contributed by atoms with E-state index in [1.54, 1.807) is 38.2 Å². The Morgan fingerprint density at radius 1 is 1.03 bits per heavy atom. The number of carbonyl (C=O) groups excluding carboxylic acids is 2. The third kappa shape index (κ3) is 5.92. The topological polar surface area (TPSA) is 99.3 Å². The van der Waals surface area contributed by atoms with Crippen molar-refractivity contribution in [3.05, 3.63) is 76.5 Å². The summed E-state index contributed by atoms with van der Waals surface area (Å²) in [5.74, 6) is -0.473. The van der Waals surface area contributed by atoms with E-state index < -0.39 is 22.0 Å². The van der Waals surface area contributed by atoms with Crippen LogP contribution in [0.1, 0.15) is 36.1 Å². The minimum absolute atomic E-state index is 0.212. The monoisotopic (exact) mass is 540 g/mol. The number of ether oxygens (including phenoxy) is 1. The van der Waals surface area contributed by atoms with Crippen molar-refractivity contribution in [2.24, 2.45) is 0 Å². The van der Waals surface area contributed by atoms with E-state index in [4.69, 9.17) is 4.74 Å². The molecule has 2 amide bonds. The van der Waals surface area contributed by atoms with Gasteiger partial charge in [0.15, 0.2) is 0 Å². The van der Waals surface area contributed by atoms with Crippen molar-refractivity contribution in [1.29, 1.82) is 0 Å². The average molecular weight is 541 g/mol. The summed E-state index contributed by atoms with van der Waals surface area (Å²) in [6.07, 6.45) is 0.629. The number of hydrogen-bond donors (Lipinski definition) is 1. The number of rotatable bonds is 7. The number of benzene rings is 2. The molecule has 2 aliphatic rings. The molecule has 0 aliphatic carbocycles. The van der Waals surface area contributed by atoms with E-state index in [1.165, 1.54) is 9.21 Å². The zero-order chi connectivity index (χ0) is 27.4. The maximum absolute atomic E-state index is 13.3. The van der Waals surface area contributed by atoms with Gasteiger partial charge in [-0.25, -0.2) is 18.0 Å². The van der Waals surface area contributed by atoms with Crippen LogP contribution in [0, 0.1) is 13.8 Å². The summed E-state index contributed by atoms with van der Waals surface area (Å²) in [7, 11) is -1.97. The Hall–Kier alpha value is -3.21. The van der Waals surface area contributed by atoms with E-state index in [0.717, 1.165) is 16.7 Å². The Morgan fingerprint density at radius 2 is 1.76 bits per heavy atom. The van der Waals surface area contributed by atoms with Crippen LogP contribution in [-0.4, -0.2) is 80.9 Å². The molecule has 2 heterocycles. The van der Waals surface area contributed by atoms with Crippen molar-refractivity contribution in [2.75, 3.05) is 46.4 Å². The molecule has 1 fully saturated rings. The number of nitrogens with one attached hydrogen (secondary N) is 1. The summed E-state index contributed by atoms with van der Waals surface area (Å²) in [6.45, 7) is 7.98. The number of hydrogen-bond acceptors (Lipinski definition) is 6. The highest BCUT2D eigenvalue weighted by Crippen LogP contribution is 2.32. The van der Waals surface area contributed by atoms with Gasteiger partial charge in [-0.3, -0.25) is 9.80 Å². The molecule has 2 aromatic carbocycles. The van der Waals surface area contributed by atoms with E-state index in [2.05, 4.69) is 10.2 Å². The van der Waals surface area contributed by atoms with Gasteiger partial charge in [0, 0.05) is 38.9 Å². The molecular formula is C28H36N4O5S. The molecule has 9 nitrogen and oxygen atoms in total. The second kappa shape index (κ2) is 11.7. The van der Waals surface area contributed by atoms with E-state index >= 15 is 0 Å². The van der Waals surface area contributed by atoms with Crippen molar-refractivity contribution in [2.45, 2.75) is 38.1 Å². The molecule has 1 N–H and O–H groups in total. The van der Waals surface area contributed by atoms with Crippen LogP contribution in [-0.2, 0) is 19.6 Å². The van der Waals surface area contributed by atoms with Crippen LogP contribution in [0.25, 0.3) is 0 Å². The Kier molecular flexibility index (Phi) is 8.54. The molecule has 10 heteroatoms. The standard InChI is InChI=1S/C28H36N4O5S/c1-5-37-27(33)25-24(30(4)28(34)29-26(25)22-9-6-8-21(3)18-22)19-31-14-7-15-32(17-16-31)38(35,36)23-12-10-20(2)11-13-23/h6,8-13,18,26H,5,7,14-17,19H2,1-4H3,(H,29,34). The number of nitrogens with zero attached hydrogens (tertiary/aromatic N) is 3. The Morgan fingerprint density at radius 3 is 2.45 bits per heavy atom. The summed E-state index contributed by atoms with van der Waals surface area (Å²) in [5.41, 5.74) is 3.78. The molecule has 204 valence electrons. The van der Waals surface area contributed by atoms with Gasteiger partial charge in [-0.05, 0) is 51.4 Å². The normalized spacial score (nSPS) is 19.7. The zero-order valence-electron chi connectivity index (χ0n) is 22.4. The van der Waals surface area contributed by atoms with Crippen LogP contribution in [0.5, 0.6) is 0 Å². The Balaban J connectivity index is 1.61. The second-order valence-corrected chi connectivity index (χ2v) is 11.7. The van der Waals surface area contributed by atoms with Crippen LogP contribution in [0.3, 0.4) is 0 Å². The molecule has 0 saturated carbocycles. The van der Waals surface area contributed by atoms with Crippen molar-refractivity contribution in [3.63, 3.8) is 0 Å². The van der Waals surface area contributed by atoms with Crippen molar-refractivity contribution >= 4 is 22.0 Å². The number of likely N-dealkylation sites (N-methyl/N-ethyl adjacent to an activating group) is 1. The highest BCUT2D eigenvalue weighted by atomic mass is 32.2. The van der Waals surface area contributed by atoms with Crippen LogP contribution in [0.2, 0.25) is 0 Å². The molecule has 2 aromatic rings. The Bertz CT molecular complexity index is 1320. The van der Waals surface area contributed by atoms with Crippen molar-refractivity contribution < 1.29 is 22.7 Å². The van der Waals surface area contributed by atoms with Crippen LogP contribution < -0.4 is 5.32 Å². The van der Waals surface area contributed by atoms with Crippen LogP contribution in [0.4, 0.5) is 4.79 Å². The lowest BCUT2D eigenvalue weighted by Gasteiger charge is -2.36. The minimum Gasteiger partial charge on any atom is -0.463 e. The predicted octanol–water partition coefficient (Wildman–Crippen LogP) is 3.21. The molecule has 1 saturated heterocycles. The fourth-order valence-electron chi connectivity index (χ4n) is 4.91. The van der Waals surface area contributed by atoms with Gasteiger partial charge in [0.1, 0.15) is 0 Å². The lowest BCUT2D eigenvalue weighted by Crippen LogP contribution is -2.49. The molecule has 2 aliphatic heterocycles. The molecule has 0 spiro atoms. The first-order chi connectivity index (χ1) is 18.1. The molecule has 4 rings (SSSR count). The highest BCUT2D eigenvalue weighted by molar-refractivity contribution is 7.89. The fraction of sp³-hybridized carbons (Fsp3) is 0.429. The average Bonchev–Trinajstić information content (AvgIpc) is 3.13. The van der Waals surface area contributed by atoms with Gasteiger partial charge >= 0.3 is 12.0 Å². The maximum Gasteiger partial charge on any atom is 0.338 e. The number of carbonyl (C=O) groups is 2. The molecule has 1 atom stereocenters. The van der Waals surface area contributed by atoms with E-state index in [9.17, 15) is 18.0 Å². The van der Waals surface area contributed by atoms with Crippen molar-refractivity contribution in [1.82, 2.24) is 19.4 Å². The summed E-state index contributed by atoms with van der Waals surface area (Å²) in [5, 5.41) is 2.95. The van der Waals surface area contributed by atoms with Gasteiger partial charge in [0.2, 0.25) is 10.0 Å². The number of amides is 2. The summed E-state index contributed by atoms with van der Waals surface area (Å²) in [4.78, 5) is 30.1. The smallest absolute Gasteiger partial charge is 0.338 e. The number of urea groups is 1. The number of sulfonamides is 1. The van der Waals surface area contributed by atoms with Gasteiger partial charge in [-0.1, -0.05) is 47.5 Å². The SMILES string of the molecule is CCOC(=O)C1=C(CN2CCCN(S(=O)(=O)c3ccc(C)cc3)CC2)N(C)C(=O)NC1c1cccc(C)c1. The second-order valence-electron chi connectivity index (χ2n) is 9.78. The lowest BCUT2D eigenvalue weighted by atomic mass is 9.93.